The molecule has 1 heterocycles. The quantitative estimate of drug-likeness (QED) is 0.850. The zero-order valence-corrected chi connectivity index (χ0v) is 13.8. The fraction of sp³-hybridized carbons (Fsp3) is 0.579. The minimum Gasteiger partial charge on any atom is -0.308 e. The Morgan fingerprint density at radius 1 is 1.29 bits per heavy atom. The molecule has 1 aromatic carbocycles. The molecule has 1 aromatic rings. The van der Waals surface area contributed by atoms with Crippen molar-refractivity contribution in [2.75, 3.05) is 13.1 Å². The third-order valence-electron chi connectivity index (χ3n) is 5.13. The molecule has 2 heteroatoms. The van der Waals surface area contributed by atoms with Gasteiger partial charge in [-0.25, -0.2) is 0 Å². The van der Waals surface area contributed by atoms with Crippen LogP contribution in [-0.2, 0) is 0 Å². The number of nitrogens with one attached hydrogen (secondary N) is 1. The molecule has 0 radical (unpaired) electrons. The van der Waals surface area contributed by atoms with Gasteiger partial charge >= 0.3 is 0 Å². The van der Waals surface area contributed by atoms with Gasteiger partial charge in [-0.15, -0.1) is 6.42 Å². The van der Waals surface area contributed by atoms with Gasteiger partial charge < -0.3 is 5.32 Å². The van der Waals surface area contributed by atoms with Crippen LogP contribution in [0.2, 0.25) is 0 Å². The minimum absolute atomic E-state index is 0.180. The van der Waals surface area contributed by atoms with E-state index in [1.165, 1.54) is 5.56 Å². The lowest BCUT2D eigenvalue weighted by Crippen LogP contribution is -2.64. The van der Waals surface area contributed by atoms with Crippen LogP contribution in [0.1, 0.15) is 52.1 Å². The molecular weight excluding hydrogens is 256 g/mol. The van der Waals surface area contributed by atoms with Crippen molar-refractivity contribution in [2.45, 2.75) is 57.7 Å². The van der Waals surface area contributed by atoms with E-state index in [2.05, 4.69) is 74.2 Å². The van der Waals surface area contributed by atoms with Gasteiger partial charge in [-0.05, 0) is 32.3 Å². The van der Waals surface area contributed by atoms with Gasteiger partial charge in [0, 0.05) is 24.7 Å². The molecule has 1 aliphatic heterocycles. The summed E-state index contributed by atoms with van der Waals surface area (Å²) >= 11 is 0. The van der Waals surface area contributed by atoms with Gasteiger partial charge in [0.1, 0.15) is 0 Å². The second-order valence-corrected chi connectivity index (χ2v) is 6.63. The standard InChI is InChI=1S/C19H28N2/c1-6-18(4,5)21-15-19(7-2,8-3)20-14-17(21)16-12-10-9-11-13-16/h1,9-13,17,20H,7-8,14-15H2,2-5H3. The van der Waals surface area contributed by atoms with E-state index in [0.717, 1.165) is 25.9 Å². The number of rotatable bonds is 4. The Labute approximate surface area is 129 Å². The number of hydrogen-bond acceptors (Lipinski definition) is 2. The monoisotopic (exact) mass is 284 g/mol. The molecule has 1 saturated heterocycles. The molecule has 0 saturated carbocycles. The molecule has 0 aromatic heterocycles. The van der Waals surface area contributed by atoms with E-state index in [1.807, 2.05) is 0 Å². The Bertz CT molecular complexity index is 494. The number of nitrogens with zero attached hydrogens (tertiary/aromatic N) is 1. The highest BCUT2D eigenvalue weighted by Crippen LogP contribution is 2.35. The summed E-state index contributed by atoms with van der Waals surface area (Å²) in [5, 5.41) is 3.80. The molecular formula is C19H28N2. The maximum atomic E-state index is 5.84. The van der Waals surface area contributed by atoms with E-state index >= 15 is 0 Å². The lowest BCUT2D eigenvalue weighted by atomic mass is 9.84. The van der Waals surface area contributed by atoms with Crippen molar-refractivity contribution >= 4 is 0 Å². The van der Waals surface area contributed by atoms with Crippen LogP contribution >= 0.6 is 0 Å². The lowest BCUT2D eigenvalue weighted by molar-refractivity contribution is 0.0210. The van der Waals surface area contributed by atoms with Crippen molar-refractivity contribution in [1.29, 1.82) is 0 Å². The zero-order valence-electron chi connectivity index (χ0n) is 13.8. The highest BCUT2D eigenvalue weighted by molar-refractivity contribution is 5.24. The predicted octanol–water partition coefficient (Wildman–Crippen LogP) is 3.60. The molecule has 114 valence electrons. The van der Waals surface area contributed by atoms with Crippen LogP contribution in [-0.4, -0.2) is 29.1 Å². The number of benzene rings is 1. The van der Waals surface area contributed by atoms with Gasteiger partial charge in [-0.2, -0.15) is 0 Å². The first kappa shape index (κ1) is 16.1. The molecule has 1 unspecified atom stereocenters. The van der Waals surface area contributed by atoms with Crippen molar-refractivity contribution in [3.63, 3.8) is 0 Å². The Hall–Kier alpha value is -1.30. The topological polar surface area (TPSA) is 15.3 Å². The van der Waals surface area contributed by atoms with Gasteiger partial charge in [0.05, 0.1) is 5.54 Å². The van der Waals surface area contributed by atoms with Crippen LogP contribution in [0.25, 0.3) is 0 Å². The van der Waals surface area contributed by atoms with Crippen molar-refractivity contribution < 1.29 is 0 Å². The Morgan fingerprint density at radius 2 is 1.90 bits per heavy atom. The van der Waals surface area contributed by atoms with E-state index in [9.17, 15) is 0 Å². The summed E-state index contributed by atoms with van der Waals surface area (Å²) in [6.07, 6.45) is 8.09. The first-order valence-corrected chi connectivity index (χ1v) is 8.02. The summed E-state index contributed by atoms with van der Waals surface area (Å²) in [6, 6.07) is 11.0. The van der Waals surface area contributed by atoms with E-state index in [4.69, 9.17) is 6.42 Å². The van der Waals surface area contributed by atoms with E-state index in [0.29, 0.717) is 6.04 Å². The average Bonchev–Trinajstić information content (AvgIpc) is 2.55. The molecule has 1 fully saturated rings. The van der Waals surface area contributed by atoms with Crippen LogP contribution in [0.15, 0.2) is 30.3 Å². The summed E-state index contributed by atoms with van der Waals surface area (Å²) in [7, 11) is 0. The maximum Gasteiger partial charge on any atom is 0.0772 e. The lowest BCUT2D eigenvalue weighted by Gasteiger charge is -2.52. The van der Waals surface area contributed by atoms with Gasteiger partial charge in [0.15, 0.2) is 0 Å². The Balaban J connectivity index is 2.36. The average molecular weight is 284 g/mol. The molecule has 2 nitrogen and oxygen atoms in total. The van der Waals surface area contributed by atoms with Crippen molar-refractivity contribution in [1.82, 2.24) is 10.2 Å². The molecule has 2 rings (SSSR count). The van der Waals surface area contributed by atoms with Gasteiger partial charge in [0.25, 0.3) is 0 Å². The SMILES string of the molecule is C#CC(C)(C)N1CC(CC)(CC)NCC1c1ccccc1. The maximum absolute atomic E-state index is 5.84. The van der Waals surface area contributed by atoms with Gasteiger partial charge in [0.2, 0.25) is 0 Å². The normalized spacial score (nSPS) is 22.7. The number of piperazine rings is 1. The molecule has 0 bridgehead atoms. The van der Waals surface area contributed by atoms with Crippen molar-refractivity contribution in [2.24, 2.45) is 0 Å². The van der Waals surface area contributed by atoms with Crippen LogP contribution in [0, 0.1) is 12.3 Å². The third-order valence-corrected chi connectivity index (χ3v) is 5.13. The molecule has 1 aliphatic rings. The van der Waals surface area contributed by atoms with Crippen LogP contribution in [0.5, 0.6) is 0 Å². The minimum atomic E-state index is -0.238. The van der Waals surface area contributed by atoms with Gasteiger partial charge in [-0.1, -0.05) is 50.1 Å². The second-order valence-electron chi connectivity index (χ2n) is 6.63. The molecule has 21 heavy (non-hydrogen) atoms. The summed E-state index contributed by atoms with van der Waals surface area (Å²) in [5.74, 6) is 2.99. The van der Waals surface area contributed by atoms with E-state index in [1.54, 1.807) is 0 Å². The van der Waals surface area contributed by atoms with Crippen LogP contribution in [0.4, 0.5) is 0 Å². The molecule has 0 amide bonds. The number of terminal acetylenes is 1. The van der Waals surface area contributed by atoms with Crippen molar-refractivity contribution in [3.8, 4) is 12.3 Å². The molecule has 0 aliphatic carbocycles. The van der Waals surface area contributed by atoms with Crippen LogP contribution < -0.4 is 5.32 Å². The van der Waals surface area contributed by atoms with E-state index < -0.39 is 0 Å². The summed E-state index contributed by atoms with van der Waals surface area (Å²) in [5.41, 5.74) is 1.28. The third kappa shape index (κ3) is 3.15. The molecule has 1 N–H and O–H groups in total. The van der Waals surface area contributed by atoms with E-state index in [-0.39, 0.29) is 11.1 Å². The predicted molar refractivity (Wildman–Crippen MR) is 90.1 cm³/mol. The smallest absolute Gasteiger partial charge is 0.0772 e. The highest BCUT2D eigenvalue weighted by Gasteiger charge is 2.42. The summed E-state index contributed by atoms with van der Waals surface area (Å²) in [4.78, 5) is 2.51. The van der Waals surface area contributed by atoms with Crippen LogP contribution in [0.3, 0.4) is 0 Å². The number of hydrogen-bond donors (Lipinski definition) is 1. The highest BCUT2D eigenvalue weighted by atomic mass is 15.3. The summed E-state index contributed by atoms with van der Waals surface area (Å²) in [6.45, 7) is 10.8. The molecule has 1 atom stereocenters. The Kier molecular flexibility index (Phi) is 4.76. The second kappa shape index (κ2) is 6.22. The van der Waals surface area contributed by atoms with Gasteiger partial charge in [-0.3, -0.25) is 4.90 Å². The first-order chi connectivity index (χ1) is 9.98. The Morgan fingerprint density at radius 3 is 2.43 bits per heavy atom. The fourth-order valence-electron chi connectivity index (χ4n) is 3.28. The molecule has 0 spiro atoms. The largest absolute Gasteiger partial charge is 0.308 e. The van der Waals surface area contributed by atoms with Crippen molar-refractivity contribution in [3.05, 3.63) is 35.9 Å². The first-order valence-electron chi connectivity index (χ1n) is 8.02. The zero-order chi connectivity index (χ0) is 15.5. The fourth-order valence-corrected chi connectivity index (χ4v) is 3.28. The summed E-state index contributed by atoms with van der Waals surface area (Å²) < 4.78 is 0.